The largest absolute Gasteiger partial charge is 0.460 e. The fraction of sp³-hybridized carbons (Fsp3) is 0.333. The maximum absolute atomic E-state index is 9.17. The minimum absolute atomic E-state index is 0.344. The molecule has 0 spiro atoms. The number of hydrogen-bond donors (Lipinski definition) is 2. The Kier molecular flexibility index (Phi) is 4.80. The number of rotatable bonds is 5. The van der Waals surface area contributed by atoms with E-state index in [-0.39, 0.29) is 6.10 Å². The standard InChI is InChI=1S/C15H18BrNO2/c1-10-7-12(3-5-14(10)16)15-6-4-13(19-15)9-17-8-11(2)18/h3-7,11,17-18H,8-9H2,1-2H3/t11-/m0/s1. The van der Waals surface area contributed by atoms with E-state index in [1.165, 1.54) is 5.56 Å². The van der Waals surface area contributed by atoms with E-state index in [4.69, 9.17) is 4.42 Å². The van der Waals surface area contributed by atoms with Crippen LogP contribution in [-0.4, -0.2) is 17.8 Å². The average molecular weight is 324 g/mol. The topological polar surface area (TPSA) is 45.4 Å². The number of aliphatic hydroxyl groups is 1. The number of furan rings is 1. The summed E-state index contributed by atoms with van der Waals surface area (Å²) in [6.07, 6.45) is -0.344. The Labute approximate surface area is 121 Å². The van der Waals surface area contributed by atoms with Gasteiger partial charge in [0.2, 0.25) is 0 Å². The Bertz CT molecular complexity index is 549. The lowest BCUT2D eigenvalue weighted by Crippen LogP contribution is -2.23. The summed E-state index contributed by atoms with van der Waals surface area (Å²) < 4.78 is 6.89. The van der Waals surface area contributed by atoms with Crippen LogP contribution in [0.5, 0.6) is 0 Å². The molecule has 102 valence electrons. The highest BCUT2D eigenvalue weighted by molar-refractivity contribution is 9.10. The molecule has 1 heterocycles. The summed E-state index contributed by atoms with van der Waals surface area (Å²) in [5, 5.41) is 12.3. The van der Waals surface area contributed by atoms with Crippen molar-refractivity contribution in [2.24, 2.45) is 0 Å². The molecular weight excluding hydrogens is 306 g/mol. The van der Waals surface area contributed by atoms with Crippen molar-refractivity contribution in [1.82, 2.24) is 5.32 Å². The number of nitrogens with one attached hydrogen (secondary N) is 1. The van der Waals surface area contributed by atoms with Gasteiger partial charge >= 0.3 is 0 Å². The zero-order valence-electron chi connectivity index (χ0n) is 11.1. The lowest BCUT2D eigenvalue weighted by Gasteiger charge is -2.05. The van der Waals surface area contributed by atoms with Crippen molar-refractivity contribution in [1.29, 1.82) is 0 Å². The quantitative estimate of drug-likeness (QED) is 0.885. The summed E-state index contributed by atoms with van der Waals surface area (Å²) in [6.45, 7) is 5.00. The normalized spacial score (nSPS) is 12.6. The van der Waals surface area contributed by atoms with Crippen molar-refractivity contribution >= 4 is 15.9 Å². The third-order valence-electron chi connectivity index (χ3n) is 2.84. The highest BCUT2D eigenvalue weighted by Gasteiger charge is 2.06. The minimum atomic E-state index is -0.344. The van der Waals surface area contributed by atoms with Crippen LogP contribution in [-0.2, 0) is 6.54 Å². The maximum Gasteiger partial charge on any atom is 0.134 e. The monoisotopic (exact) mass is 323 g/mol. The van der Waals surface area contributed by atoms with Gasteiger partial charge in [-0.05, 0) is 43.7 Å². The summed E-state index contributed by atoms with van der Waals surface area (Å²) in [7, 11) is 0. The van der Waals surface area contributed by atoms with Gasteiger partial charge in [-0.15, -0.1) is 0 Å². The van der Waals surface area contributed by atoms with Crippen molar-refractivity contribution in [3.8, 4) is 11.3 Å². The molecule has 2 rings (SSSR count). The second kappa shape index (κ2) is 6.37. The second-order valence-corrected chi connectivity index (χ2v) is 5.56. The number of hydrogen-bond acceptors (Lipinski definition) is 3. The van der Waals surface area contributed by atoms with Gasteiger partial charge in [0.15, 0.2) is 0 Å². The van der Waals surface area contributed by atoms with Gasteiger partial charge in [0.25, 0.3) is 0 Å². The molecule has 1 aromatic carbocycles. The summed E-state index contributed by atoms with van der Waals surface area (Å²) in [6, 6.07) is 10.1. The number of benzene rings is 1. The van der Waals surface area contributed by atoms with Crippen LogP contribution in [0, 0.1) is 6.92 Å². The molecule has 4 heteroatoms. The highest BCUT2D eigenvalue weighted by atomic mass is 79.9. The van der Waals surface area contributed by atoms with Crippen LogP contribution in [0.1, 0.15) is 18.2 Å². The molecule has 0 saturated carbocycles. The fourth-order valence-electron chi connectivity index (χ4n) is 1.83. The molecule has 0 unspecified atom stereocenters. The first-order valence-electron chi connectivity index (χ1n) is 6.30. The van der Waals surface area contributed by atoms with E-state index in [1.807, 2.05) is 24.3 Å². The van der Waals surface area contributed by atoms with Crippen LogP contribution in [0.3, 0.4) is 0 Å². The Hall–Kier alpha value is -1.10. The molecule has 0 saturated heterocycles. The first kappa shape index (κ1) is 14.3. The van der Waals surface area contributed by atoms with Gasteiger partial charge in [0.05, 0.1) is 12.6 Å². The van der Waals surface area contributed by atoms with Gasteiger partial charge in [-0.3, -0.25) is 0 Å². The summed E-state index contributed by atoms with van der Waals surface area (Å²) in [4.78, 5) is 0. The van der Waals surface area contributed by atoms with Gasteiger partial charge in [-0.25, -0.2) is 0 Å². The van der Waals surface area contributed by atoms with E-state index < -0.39 is 0 Å². The van der Waals surface area contributed by atoms with Crippen molar-refractivity contribution in [3.05, 3.63) is 46.1 Å². The van der Waals surface area contributed by atoms with E-state index in [0.717, 1.165) is 21.6 Å². The molecule has 0 aliphatic carbocycles. The molecule has 3 nitrogen and oxygen atoms in total. The minimum Gasteiger partial charge on any atom is -0.460 e. The number of aliphatic hydroxyl groups excluding tert-OH is 1. The summed E-state index contributed by atoms with van der Waals surface area (Å²) >= 11 is 3.49. The number of halogens is 1. The Morgan fingerprint density at radius 3 is 2.79 bits per heavy atom. The molecule has 0 bridgehead atoms. The molecule has 0 aliphatic heterocycles. The molecule has 0 fully saturated rings. The number of aryl methyl sites for hydroxylation is 1. The van der Waals surface area contributed by atoms with E-state index in [0.29, 0.717) is 13.1 Å². The lowest BCUT2D eigenvalue weighted by molar-refractivity contribution is 0.190. The van der Waals surface area contributed by atoms with Gasteiger partial charge in [-0.2, -0.15) is 0 Å². The third kappa shape index (κ3) is 3.93. The van der Waals surface area contributed by atoms with E-state index in [2.05, 4.69) is 34.2 Å². The maximum atomic E-state index is 9.17. The molecular formula is C15H18BrNO2. The van der Waals surface area contributed by atoms with E-state index >= 15 is 0 Å². The fourth-order valence-corrected chi connectivity index (χ4v) is 2.08. The predicted molar refractivity (Wildman–Crippen MR) is 80.0 cm³/mol. The highest BCUT2D eigenvalue weighted by Crippen LogP contribution is 2.26. The van der Waals surface area contributed by atoms with Crippen LogP contribution in [0.2, 0.25) is 0 Å². The van der Waals surface area contributed by atoms with Crippen molar-refractivity contribution in [3.63, 3.8) is 0 Å². The van der Waals surface area contributed by atoms with Crippen LogP contribution < -0.4 is 5.32 Å². The lowest BCUT2D eigenvalue weighted by atomic mass is 10.1. The van der Waals surface area contributed by atoms with E-state index in [1.54, 1.807) is 6.92 Å². The van der Waals surface area contributed by atoms with Crippen LogP contribution >= 0.6 is 15.9 Å². The zero-order valence-corrected chi connectivity index (χ0v) is 12.7. The van der Waals surface area contributed by atoms with Crippen LogP contribution in [0.25, 0.3) is 11.3 Å². The summed E-state index contributed by atoms with van der Waals surface area (Å²) in [5.41, 5.74) is 2.25. The molecule has 2 N–H and O–H groups in total. The van der Waals surface area contributed by atoms with Crippen LogP contribution in [0.4, 0.5) is 0 Å². The Balaban J connectivity index is 2.05. The SMILES string of the molecule is Cc1cc(-c2ccc(CNC[C@H](C)O)o2)ccc1Br. The van der Waals surface area contributed by atoms with Gasteiger partial charge < -0.3 is 14.8 Å². The first-order chi connectivity index (χ1) is 9.06. The summed E-state index contributed by atoms with van der Waals surface area (Å²) in [5.74, 6) is 1.74. The first-order valence-corrected chi connectivity index (χ1v) is 7.09. The Morgan fingerprint density at radius 2 is 2.11 bits per heavy atom. The van der Waals surface area contributed by atoms with Crippen molar-refractivity contribution in [2.45, 2.75) is 26.5 Å². The molecule has 0 aliphatic rings. The Morgan fingerprint density at radius 1 is 1.32 bits per heavy atom. The van der Waals surface area contributed by atoms with Crippen molar-refractivity contribution < 1.29 is 9.52 Å². The van der Waals surface area contributed by atoms with Gasteiger partial charge in [0, 0.05) is 16.6 Å². The van der Waals surface area contributed by atoms with Crippen molar-refractivity contribution in [2.75, 3.05) is 6.54 Å². The molecule has 1 aromatic heterocycles. The average Bonchev–Trinajstić information content (AvgIpc) is 2.81. The zero-order chi connectivity index (χ0) is 13.8. The third-order valence-corrected chi connectivity index (χ3v) is 3.73. The molecule has 2 aromatic rings. The second-order valence-electron chi connectivity index (χ2n) is 4.71. The van der Waals surface area contributed by atoms with Crippen LogP contribution in [0.15, 0.2) is 39.2 Å². The molecule has 0 radical (unpaired) electrons. The smallest absolute Gasteiger partial charge is 0.134 e. The molecule has 1 atom stereocenters. The van der Waals surface area contributed by atoms with E-state index in [9.17, 15) is 5.11 Å². The van der Waals surface area contributed by atoms with Gasteiger partial charge in [0.1, 0.15) is 11.5 Å². The predicted octanol–water partition coefficient (Wildman–Crippen LogP) is 3.49. The molecule has 0 amide bonds. The molecule has 19 heavy (non-hydrogen) atoms. The van der Waals surface area contributed by atoms with Gasteiger partial charge in [-0.1, -0.05) is 22.0 Å².